The minimum atomic E-state index is -4.83. The molecule has 0 aliphatic rings. The van der Waals surface area contributed by atoms with Gasteiger partial charge in [0.25, 0.3) is 0 Å². The number of alkyl halides is 3. The van der Waals surface area contributed by atoms with Crippen LogP contribution in [0.1, 0.15) is 20.3 Å². The van der Waals surface area contributed by atoms with Crippen molar-refractivity contribution < 1.29 is 31.4 Å². The van der Waals surface area contributed by atoms with Crippen molar-refractivity contribution in [3.05, 3.63) is 24.3 Å². The Morgan fingerprint density at radius 2 is 1.71 bits per heavy atom. The van der Waals surface area contributed by atoms with E-state index in [1.807, 2.05) is 0 Å². The summed E-state index contributed by atoms with van der Waals surface area (Å²) < 4.78 is 66.2. The first-order valence-corrected chi connectivity index (χ1v) is 7.44. The van der Waals surface area contributed by atoms with E-state index in [-0.39, 0.29) is 17.9 Å². The smallest absolute Gasteiger partial charge is 0.406 e. The highest BCUT2D eigenvalue weighted by Crippen LogP contribution is 2.24. The molecule has 0 aliphatic heterocycles. The topological polar surface area (TPSA) is 75.6 Å². The second-order valence-corrected chi connectivity index (χ2v) is 6.66. The zero-order valence-electron chi connectivity index (χ0n) is 11.4. The van der Waals surface area contributed by atoms with Crippen LogP contribution in [0.3, 0.4) is 0 Å². The SMILES string of the molecule is CC(C)(CCO)NS(=O)(=O)c1ccc(OC(F)(F)F)cc1. The molecule has 2 N–H and O–H groups in total. The van der Waals surface area contributed by atoms with Crippen molar-refractivity contribution in [2.45, 2.75) is 37.1 Å². The lowest BCUT2D eigenvalue weighted by atomic mass is 10.0. The number of benzene rings is 1. The summed E-state index contributed by atoms with van der Waals surface area (Å²) in [5, 5.41) is 8.86. The number of hydrogen-bond acceptors (Lipinski definition) is 4. The molecule has 1 aromatic carbocycles. The zero-order chi connectivity index (χ0) is 16.3. The second kappa shape index (κ2) is 6.20. The van der Waals surface area contributed by atoms with Crippen LogP contribution in [0.25, 0.3) is 0 Å². The molecule has 1 rings (SSSR count). The fourth-order valence-electron chi connectivity index (χ4n) is 1.57. The largest absolute Gasteiger partial charge is 0.573 e. The van der Waals surface area contributed by atoms with E-state index in [0.29, 0.717) is 0 Å². The molecule has 0 aliphatic carbocycles. The highest BCUT2D eigenvalue weighted by Gasteiger charge is 2.31. The van der Waals surface area contributed by atoms with Gasteiger partial charge in [-0.05, 0) is 44.5 Å². The summed E-state index contributed by atoms with van der Waals surface area (Å²) >= 11 is 0. The highest BCUT2D eigenvalue weighted by atomic mass is 32.2. The lowest BCUT2D eigenvalue weighted by Gasteiger charge is -2.25. The highest BCUT2D eigenvalue weighted by molar-refractivity contribution is 7.89. The summed E-state index contributed by atoms with van der Waals surface area (Å²) in [6.07, 6.45) is -4.64. The summed E-state index contributed by atoms with van der Waals surface area (Å²) in [4.78, 5) is -0.192. The van der Waals surface area contributed by atoms with Crippen LogP contribution in [0.2, 0.25) is 0 Å². The molecule has 5 nitrogen and oxygen atoms in total. The van der Waals surface area contributed by atoms with Crippen molar-refractivity contribution in [1.29, 1.82) is 0 Å². The van der Waals surface area contributed by atoms with Crippen molar-refractivity contribution in [2.75, 3.05) is 6.61 Å². The predicted octanol–water partition coefficient (Wildman–Crippen LogP) is 2.02. The molecule has 0 saturated carbocycles. The predicted molar refractivity (Wildman–Crippen MR) is 69.2 cm³/mol. The molecule has 0 bridgehead atoms. The molecule has 0 atom stereocenters. The van der Waals surface area contributed by atoms with E-state index in [0.717, 1.165) is 24.3 Å². The lowest BCUT2D eigenvalue weighted by molar-refractivity contribution is -0.274. The van der Waals surface area contributed by atoms with Crippen LogP contribution in [0, 0.1) is 0 Å². The minimum Gasteiger partial charge on any atom is -0.406 e. The molecule has 0 aromatic heterocycles. The van der Waals surface area contributed by atoms with E-state index in [2.05, 4.69) is 9.46 Å². The van der Waals surface area contributed by atoms with E-state index >= 15 is 0 Å². The molecule has 0 heterocycles. The van der Waals surface area contributed by atoms with Gasteiger partial charge in [-0.3, -0.25) is 0 Å². The van der Waals surface area contributed by atoms with Gasteiger partial charge >= 0.3 is 6.36 Å². The van der Waals surface area contributed by atoms with Gasteiger partial charge in [-0.15, -0.1) is 13.2 Å². The van der Waals surface area contributed by atoms with Crippen LogP contribution in [-0.4, -0.2) is 32.0 Å². The number of sulfonamides is 1. The van der Waals surface area contributed by atoms with Crippen molar-refractivity contribution >= 4 is 10.0 Å². The van der Waals surface area contributed by atoms with Gasteiger partial charge in [0.15, 0.2) is 0 Å². The average Bonchev–Trinajstić information content (AvgIpc) is 2.25. The maximum absolute atomic E-state index is 12.1. The maximum atomic E-state index is 12.1. The quantitative estimate of drug-likeness (QED) is 0.838. The van der Waals surface area contributed by atoms with Gasteiger partial charge < -0.3 is 9.84 Å². The summed E-state index contributed by atoms with van der Waals surface area (Å²) in [7, 11) is -3.90. The van der Waals surface area contributed by atoms with Crippen LogP contribution >= 0.6 is 0 Å². The number of nitrogens with one attached hydrogen (secondary N) is 1. The number of halogens is 3. The molecule has 0 saturated heterocycles. The Morgan fingerprint density at radius 1 is 1.19 bits per heavy atom. The Balaban J connectivity index is 2.90. The summed E-state index contributed by atoms with van der Waals surface area (Å²) in [5.74, 6) is -0.504. The molecule has 0 fully saturated rings. The van der Waals surface area contributed by atoms with Crippen molar-refractivity contribution in [1.82, 2.24) is 4.72 Å². The Bertz CT molecular complexity index is 567. The number of ether oxygens (including phenoxy) is 1. The molecular formula is C12H16F3NO4S. The Morgan fingerprint density at radius 3 is 2.14 bits per heavy atom. The number of hydrogen-bond donors (Lipinski definition) is 2. The van der Waals surface area contributed by atoms with Crippen LogP contribution in [0.15, 0.2) is 29.2 Å². The second-order valence-electron chi connectivity index (χ2n) is 4.98. The van der Waals surface area contributed by atoms with E-state index in [1.165, 1.54) is 0 Å². The molecule has 120 valence electrons. The van der Waals surface area contributed by atoms with Crippen LogP contribution in [-0.2, 0) is 10.0 Å². The van der Waals surface area contributed by atoms with Gasteiger partial charge in [-0.25, -0.2) is 13.1 Å². The Kier molecular flexibility index (Phi) is 5.24. The summed E-state index contributed by atoms with van der Waals surface area (Å²) in [6, 6.07) is 3.86. The monoisotopic (exact) mass is 327 g/mol. The third kappa shape index (κ3) is 5.90. The third-order valence-corrected chi connectivity index (χ3v) is 4.23. The maximum Gasteiger partial charge on any atom is 0.573 e. The molecule has 9 heteroatoms. The lowest BCUT2D eigenvalue weighted by Crippen LogP contribution is -2.43. The summed E-state index contributed by atoms with van der Waals surface area (Å²) in [5.41, 5.74) is -0.880. The molecule has 1 aromatic rings. The van der Waals surface area contributed by atoms with Gasteiger partial charge in [0.05, 0.1) is 4.90 Å². The third-order valence-electron chi connectivity index (χ3n) is 2.52. The van der Waals surface area contributed by atoms with Gasteiger partial charge in [-0.1, -0.05) is 0 Å². The first kappa shape index (κ1) is 17.7. The van der Waals surface area contributed by atoms with Gasteiger partial charge in [0, 0.05) is 12.1 Å². The van der Waals surface area contributed by atoms with Crippen molar-refractivity contribution in [3.8, 4) is 5.75 Å². The van der Waals surface area contributed by atoms with Crippen molar-refractivity contribution in [2.24, 2.45) is 0 Å². The van der Waals surface area contributed by atoms with Crippen molar-refractivity contribution in [3.63, 3.8) is 0 Å². The first-order valence-electron chi connectivity index (χ1n) is 5.96. The molecular weight excluding hydrogens is 311 g/mol. The normalized spacial score (nSPS) is 13.2. The van der Waals surface area contributed by atoms with Crippen LogP contribution in [0.5, 0.6) is 5.75 Å². The van der Waals surface area contributed by atoms with E-state index in [1.54, 1.807) is 13.8 Å². The van der Waals surface area contributed by atoms with Crippen LogP contribution in [0.4, 0.5) is 13.2 Å². The van der Waals surface area contributed by atoms with E-state index in [4.69, 9.17) is 5.11 Å². The minimum absolute atomic E-state index is 0.192. The molecule has 0 radical (unpaired) electrons. The molecule has 21 heavy (non-hydrogen) atoms. The fourth-order valence-corrected chi connectivity index (χ4v) is 3.02. The van der Waals surface area contributed by atoms with Gasteiger partial charge in [0.1, 0.15) is 5.75 Å². The molecule has 0 unspecified atom stereocenters. The first-order chi connectivity index (χ1) is 9.45. The Hall–Kier alpha value is -1.32. The van der Waals surface area contributed by atoms with E-state index in [9.17, 15) is 21.6 Å². The standard InChI is InChI=1S/C12H16F3NO4S/c1-11(2,7-8-17)16-21(18,19)10-5-3-9(4-6-10)20-12(13,14)15/h3-6,16-17H,7-8H2,1-2H3. The fraction of sp³-hybridized carbons (Fsp3) is 0.500. The number of aliphatic hydroxyl groups is 1. The molecule has 0 amide bonds. The average molecular weight is 327 g/mol. The van der Waals surface area contributed by atoms with Gasteiger partial charge in [-0.2, -0.15) is 0 Å². The zero-order valence-corrected chi connectivity index (χ0v) is 12.3. The number of aliphatic hydroxyl groups excluding tert-OH is 1. The Labute approximate surface area is 120 Å². The van der Waals surface area contributed by atoms with E-state index < -0.39 is 27.7 Å². The van der Waals surface area contributed by atoms with Crippen LogP contribution < -0.4 is 9.46 Å². The molecule has 0 spiro atoms. The summed E-state index contributed by atoms with van der Waals surface area (Å²) in [6.45, 7) is 2.97. The number of rotatable bonds is 6. The van der Waals surface area contributed by atoms with Gasteiger partial charge in [0.2, 0.25) is 10.0 Å².